The van der Waals surface area contributed by atoms with E-state index in [4.69, 9.17) is 24.1 Å². The van der Waals surface area contributed by atoms with E-state index in [1.165, 1.54) is 6.92 Å². The molecule has 2 amide bonds. The van der Waals surface area contributed by atoms with Crippen LogP contribution in [-0.2, 0) is 38.1 Å². The van der Waals surface area contributed by atoms with Gasteiger partial charge in [0.15, 0.2) is 0 Å². The Hall–Kier alpha value is -2.61. The third kappa shape index (κ3) is 23.0. The first-order chi connectivity index (χ1) is 18.7. The van der Waals surface area contributed by atoms with Crippen LogP contribution in [0.2, 0.25) is 0 Å². The normalized spacial score (nSPS) is 12.5. The summed E-state index contributed by atoms with van der Waals surface area (Å²) in [6.45, 7) is 7.24. The highest BCUT2D eigenvalue weighted by atomic mass is 16.6. The molecule has 0 saturated carbocycles. The second-order valence-corrected chi connectivity index (χ2v) is 8.98. The fourth-order valence-electron chi connectivity index (χ4n) is 3.29. The molecule has 39 heavy (non-hydrogen) atoms. The summed E-state index contributed by atoms with van der Waals surface area (Å²) in [5.41, 5.74) is 0. The molecular formula is C26H46N2O11. The lowest BCUT2D eigenvalue weighted by atomic mass is 10.1. The maximum atomic E-state index is 12.1. The molecule has 2 atom stereocenters. The van der Waals surface area contributed by atoms with Gasteiger partial charge in [-0.1, -0.05) is 19.8 Å². The maximum absolute atomic E-state index is 12.1. The van der Waals surface area contributed by atoms with Crippen LogP contribution in [0, 0.1) is 0 Å². The molecule has 0 radical (unpaired) electrons. The number of hydrogen-bond acceptors (Lipinski definition) is 9. The van der Waals surface area contributed by atoms with Crippen LogP contribution >= 0.6 is 0 Å². The number of carbonyl (C=O) groups excluding carboxylic acids is 3. The van der Waals surface area contributed by atoms with Gasteiger partial charge < -0.3 is 44.6 Å². The zero-order valence-electron chi connectivity index (χ0n) is 23.2. The molecule has 0 rings (SSSR count). The molecule has 0 aromatic rings. The predicted octanol–water partition coefficient (Wildman–Crippen LogP) is 1.95. The number of ether oxygens (including phenoxy) is 4. The zero-order valence-corrected chi connectivity index (χ0v) is 23.2. The van der Waals surface area contributed by atoms with Crippen molar-refractivity contribution in [3.05, 3.63) is 0 Å². The summed E-state index contributed by atoms with van der Waals surface area (Å²) in [6.07, 6.45) is 3.27. The molecule has 0 saturated heterocycles. The van der Waals surface area contributed by atoms with Gasteiger partial charge in [-0.05, 0) is 32.6 Å². The summed E-state index contributed by atoms with van der Waals surface area (Å²) >= 11 is 0. The van der Waals surface area contributed by atoms with Crippen LogP contribution in [0.25, 0.3) is 0 Å². The molecule has 0 spiro atoms. The van der Waals surface area contributed by atoms with E-state index >= 15 is 0 Å². The van der Waals surface area contributed by atoms with Gasteiger partial charge in [0, 0.05) is 25.9 Å². The summed E-state index contributed by atoms with van der Waals surface area (Å²) in [6, 6.07) is -3.43. The van der Waals surface area contributed by atoms with Gasteiger partial charge in [-0.15, -0.1) is 0 Å². The Morgan fingerprint density at radius 1 is 0.615 bits per heavy atom. The monoisotopic (exact) mass is 562 g/mol. The van der Waals surface area contributed by atoms with Crippen LogP contribution in [0.4, 0.5) is 4.79 Å². The average molecular weight is 563 g/mol. The summed E-state index contributed by atoms with van der Waals surface area (Å²) < 4.78 is 21.4. The van der Waals surface area contributed by atoms with E-state index in [2.05, 4.69) is 10.6 Å². The van der Waals surface area contributed by atoms with E-state index in [1.54, 1.807) is 0 Å². The van der Waals surface area contributed by atoms with Crippen molar-refractivity contribution in [2.24, 2.45) is 0 Å². The van der Waals surface area contributed by atoms with Crippen molar-refractivity contribution in [3.63, 3.8) is 0 Å². The first-order valence-electron chi connectivity index (χ1n) is 13.5. The highest BCUT2D eigenvalue weighted by Crippen LogP contribution is 2.08. The SMILES string of the molecule is CCCOCCOCCOCCOCCC(=O)CCCCCC(NC(=O)NC(CCC(C)=O)C(=O)O)C(=O)O. The van der Waals surface area contributed by atoms with Crippen molar-refractivity contribution in [1.29, 1.82) is 0 Å². The minimum absolute atomic E-state index is 0.0230. The van der Waals surface area contributed by atoms with E-state index in [9.17, 15) is 29.1 Å². The molecule has 4 N–H and O–H groups in total. The second-order valence-electron chi connectivity index (χ2n) is 8.98. The lowest BCUT2D eigenvalue weighted by molar-refractivity contribution is -0.139. The third-order valence-electron chi connectivity index (χ3n) is 5.43. The largest absolute Gasteiger partial charge is 0.480 e. The van der Waals surface area contributed by atoms with Gasteiger partial charge in [0.05, 0.1) is 46.2 Å². The van der Waals surface area contributed by atoms with Gasteiger partial charge >= 0.3 is 18.0 Å². The van der Waals surface area contributed by atoms with E-state index in [1.807, 2.05) is 6.92 Å². The summed E-state index contributed by atoms with van der Waals surface area (Å²) in [4.78, 5) is 57.8. The van der Waals surface area contributed by atoms with Crippen LogP contribution in [0.1, 0.15) is 71.6 Å². The van der Waals surface area contributed by atoms with Crippen molar-refractivity contribution >= 4 is 29.5 Å². The Morgan fingerprint density at radius 2 is 1.10 bits per heavy atom. The van der Waals surface area contributed by atoms with Crippen molar-refractivity contribution in [2.45, 2.75) is 83.7 Å². The maximum Gasteiger partial charge on any atom is 0.326 e. The Kier molecular flexibility index (Phi) is 22.8. The number of ketones is 2. The molecule has 0 aliphatic rings. The van der Waals surface area contributed by atoms with Crippen molar-refractivity contribution in [1.82, 2.24) is 10.6 Å². The molecule has 0 aliphatic carbocycles. The third-order valence-corrected chi connectivity index (χ3v) is 5.43. The zero-order chi connectivity index (χ0) is 29.3. The number of urea groups is 1. The lowest BCUT2D eigenvalue weighted by Gasteiger charge is -2.18. The molecule has 0 bridgehead atoms. The molecule has 0 fully saturated rings. The lowest BCUT2D eigenvalue weighted by Crippen LogP contribution is -2.51. The number of aliphatic carboxylic acids is 2. The minimum Gasteiger partial charge on any atom is -0.480 e. The van der Waals surface area contributed by atoms with Crippen molar-refractivity contribution in [2.75, 3.05) is 52.9 Å². The fourth-order valence-corrected chi connectivity index (χ4v) is 3.29. The first-order valence-corrected chi connectivity index (χ1v) is 13.5. The number of rotatable bonds is 27. The highest BCUT2D eigenvalue weighted by Gasteiger charge is 2.24. The van der Waals surface area contributed by atoms with Crippen LogP contribution < -0.4 is 10.6 Å². The van der Waals surface area contributed by atoms with E-state index in [0.29, 0.717) is 71.9 Å². The van der Waals surface area contributed by atoms with Crippen LogP contribution in [-0.4, -0.2) is 105 Å². The number of nitrogens with one attached hydrogen (secondary N) is 2. The number of carbonyl (C=O) groups is 5. The van der Waals surface area contributed by atoms with Gasteiger partial charge in [0.2, 0.25) is 0 Å². The number of unbranched alkanes of at least 4 members (excludes halogenated alkanes) is 2. The fraction of sp³-hybridized carbons (Fsp3) is 0.808. The van der Waals surface area contributed by atoms with Gasteiger partial charge in [-0.2, -0.15) is 0 Å². The van der Waals surface area contributed by atoms with Gasteiger partial charge in [0.1, 0.15) is 23.7 Å². The van der Waals surface area contributed by atoms with E-state index in [0.717, 1.165) is 13.0 Å². The summed E-state index contributed by atoms with van der Waals surface area (Å²) in [7, 11) is 0. The molecule has 0 aliphatic heterocycles. The van der Waals surface area contributed by atoms with Crippen LogP contribution in [0.3, 0.4) is 0 Å². The number of carboxylic acids is 2. The molecule has 2 unspecified atom stereocenters. The standard InChI is InChI=1S/C26H46N2O11/c1-3-12-36-14-16-38-18-19-39-17-15-37-13-11-21(30)7-5-4-6-8-22(24(31)32)27-26(35)28-23(25(33)34)10-9-20(2)29/h22-23H,3-19H2,1-2H3,(H,31,32)(H,33,34)(H2,27,28,35). The number of Topliss-reactive ketones (excluding diaryl/α,β-unsaturated/α-hetero) is 2. The first kappa shape index (κ1) is 36.4. The Balaban J connectivity index is 3.86. The predicted molar refractivity (Wildman–Crippen MR) is 141 cm³/mol. The van der Waals surface area contributed by atoms with E-state index < -0.39 is 30.1 Å². The summed E-state index contributed by atoms with van der Waals surface area (Å²) in [5, 5.41) is 22.9. The van der Waals surface area contributed by atoms with E-state index in [-0.39, 0.29) is 37.2 Å². The van der Waals surface area contributed by atoms with Crippen LogP contribution in [0.5, 0.6) is 0 Å². The Bertz CT molecular complexity index is 718. The smallest absolute Gasteiger partial charge is 0.326 e. The second kappa shape index (κ2) is 24.4. The average Bonchev–Trinajstić information content (AvgIpc) is 2.87. The van der Waals surface area contributed by atoms with Gasteiger partial charge in [-0.3, -0.25) is 4.79 Å². The number of hydrogen-bond donors (Lipinski definition) is 4. The molecule has 13 nitrogen and oxygen atoms in total. The molecule has 226 valence electrons. The topological polar surface area (TPSA) is 187 Å². The minimum atomic E-state index is -1.31. The van der Waals surface area contributed by atoms with Gasteiger partial charge in [-0.25, -0.2) is 14.4 Å². The van der Waals surface area contributed by atoms with Crippen LogP contribution in [0.15, 0.2) is 0 Å². The number of carboxylic acid groups (broad SMARTS) is 2. The molecule has 0 aromatic carbocycles. The Morgan fingerprint density at radius 3 is 1.59 bits per heavy atom. The molecule has 0 heterocycles. The summed E-state index contributed by atoms with van der Waals surface area (Å²) in [5.74, 6) is -2.73. The quantitative estimate of drug-likeness (QED) is 0.107. The number of amides is 2. The molecule has 0 aromatic heterocycles. The molecule has 13 heteroatoms. The highest BCUT2D eigenvalue weighted by molar-refractivity contribution is 5.86. The van der Waals surface area contributed by atoms with Crippen molar-refractivity contribution < 1.29 is 53.1 Å². The molecular weight excluding hydrogens is 516 g/mol. The van der Waals surface area contributed by atoms with Crippen molar-refractivity contribution in [3.8, 4) is 0 Å². The Labute approximate surface area is 230 Å². The van der Waals surface area contributed by atoms with Gasteiger partial charge in [0.25, 0.3) is 0 Å².